The fraction of sp³-hybridized carbons (Fsp3) is 0.600. The van der Waals surface area contributed by atoms with Crippen LogP contribution in [0.4, 0.5) is 0 Å². The van der Waals surface area contributed by atoms with Gasteiger partial charge in [0.1, 0.15) is 18.2 Å². The first-order valence-electron chi connectivity index (χ1n) is 8.57. The molecule has 11 nitrogen and oxygen atoms in total. The highest BCUT2D eigenvalue weighted by molar-refractivity contribution is 7.36. The minimum absolute atomic E-state index is 0.00891. The minimum Gasteiger partial charge on any atom is -0.462 e. The number of rotatable bonds is 11. The zero-order chi connectivity index (χ0) is 21.6. The third-order valence-corrected chi connectivity index (χ3v) is 4.87. The van der Waals surface area contributed by atoms with Gasteiger partial charge in [0.05, 0.1) is 25.6 Å². The molecule has 2 aromatic rings. The zero-order valence-corrected chi connectivity index (χ0v) is 18.3. The number of hydrogen-bond acceptors (Lipinski definition) is 9. The number of ether oxygens (including phenoxy) is 2. The maximum absolute atomic E-state index is 11.9. The van der Waals surface area contributed by atoms with E-state index in [1.807, 2.05) is 0 Å². The number of aromatic nitrogens is 4. The molecule has 29 heavy (non-hydrogen) atoms. The van der Waals surface area contributed by atoms with Crippen LogP contribution in [0.15, 0.2) is 6.33 Å². The van der Waals surface area contributed by atoms with Crippen molar-refractivity contribution in [3.8, 4) is 0 Å². The van der Waals surface area contributed by atoms with Gasteiger partial charge in [-0.25, -0.2) is 9.97 Å². The molecule has 0 saturated heterocycles. The lowest BCUT2D eigenvalue weighted by atomic mass is 10.4. The van der Waals surface area contributed by atoms with E-state index < -0.39 is 33.0 Å². The van der Waals surface area contributed by atoms with E-state index in [1.54, 1.807) is 13.8 Å². The molecule has 0 spiro atoms. The predicted octanol–water partition coefficient (Wildman–Crippen LogP) is 2.24. The van der Waals surface area contributed by atoms with E-state index >= 15 is 0 Å². The summed E-state index contributed by atoms with van der Waals surface area (Å²) in [6.45, 7) is 4.48. The number of aliphatic hydroxyl groups is 1. The number of carbonyl (C=O) groups is 1. The Hall–Kier alpha value is -1.46. The second-order valence-electron chi connectivity index (χ2n) is 6.04. The van der Waals surface area contributed by atoms with Crippen molar-refractivity contribution in [3.05, 3.63) is 16.8 Å². The SMILES string of the molecule is CC(C)OC(=O)[C@H](C)N[P+](=O)OCCO[C@H](CO)n1cnc2c(Cl)nc(Cl)nc21. The van der Waals surface area contributed by atoms with Crippen LogP contribution in [0.1, 0.15) is 27.0 Å². The maximum Gasteiger partial charge on any atom is 0.613 e. The van der Waals surface area contributed by atoms with E-state index in [9.17, 15) is 14.5 Å². The molecule has 14 heteroatoms. The second-order valence-corrected chi connectivity index (χ2v) is 7.77. The molecule has 2 N–H and O–H groups in total. The van der Waals surface area contributed by atoms with E-state index in [1.165, 1.54) is 17.8 Å². The van der Waals surface area contributed by atoms with Crippen LogP contribution in [0.2, 0.25) is 10.4 Å². The van der Waals surface area contributed by atoms with Gasteiger partial charge in [-0.3, -0.25) is 9.36 Å². The molecule has 0 aliphatic carbocycles. The highest BCUT2D eigenvalue weighted by atomic mass is 35.5. The van der Waals surface area contributed by atoms with Gasteiger partial charge in [-0.15, -0.1) is 4.52 Å². The standard InChI is InChI=1S/C15H21Cl2N5O6P/c1-8(2)28-14(24)9(3)21-29(25)27-5-4-26-10(6-23)22-7-18-11-12(16)19-15(17)20-13(11)22/h7-10,23H,4-6H2,1-3H3,(H,21,25)/q+1/t9-,10+/m0/s1. The van der Waals surface area contributed by atoms with E-state index in [4.69, 9.17) is 37.2 Å². The summed E-state index contributed by atoms with van der Waals surface area (Å²) in [7, 11) is -2.31. The van der Waals surface area contributed by atoms with Crippen LogP contribution in [0.3, 0.4) is 0 Å². The predicted molar refractivity (Wildman–Crippen MR) is 105 cm³/mol. The van der Waals surface area contributed by atoms with Crippen LogP contribution >= 0.6 is 31.4 Å². The summed E-state index contributed by atoms with van der Waals surface area (Å²) in [6, 6.07) is -0.793. The van der Waals surface area contributed by atoms with Crippen LogP contribution < -0.4 is 5.09 Å². The van der Waals surface area contributed by atoms with Gasteiger partial charge in [0, 0.05) is 0 Å². The lowest BCUT2D eigenvalue weighted by molar-refractivity contribution is -0.149. The molecule has 2 aromatic heterocycles. The lowest BCUT2D eigenvalue weighted by Crippen LogP contribution is -2.32. The summed E-state index contributed by atoms with van der Waals surface area (Å²) in [4.78, 5) is 23.6. The summed E-state index contributed by atoms with van der Waals surface area (Å²) in [5.74, 6) is -0.533. The number of nitrogens with one attached hydrogen (secondary N) is 1. The molecule has 1 unspecified atom stereocenters. The Labute approximate surface area is 177 Å². The summed E-state index contributed by atoms with van der Waals surface area (Å²) in [6.07, 6.45) is 0.257. The van der Waals surface area contributed by atoms with Gasteiger partial charge in [-0.1, -0.05) is 16.7 Å². The van der Waals surface area contributed by atoms with E-state index in [0.29, 0.717) is 11.2 Å². The molecule has 0 aromatic carbocycles. The van der Waals surface area contributed by atoms with Crippen LogP contribution in [0.5, 0.6) is 0 Å². The van der Waals surface area contributed by atoms with Gasteiger partial charge in [-0.05, 0) is 36.9 Å². The highest BCUT2D eigenvalue weighted by Gasteiger charge is 2.28. The topological polar surface area (TPSA) is 138 Å². The number of esters is 1. The van der Waals surface area contributed by atoms with Crippen LogP contribution in [0, 0.1) is 0 Å². The van der Waals surface area contributed by atoms with Gasteiger partial charge in [0.15, 0.2) is 17.0 Å². The van der Waals surface area contributed by atoms with Crippen molar-refractivity contribution in [1.29, 1.82) is 0 Å². The lowest BCUT2D eigenvalue weighted by Gasteiger charge is -2.16. The Bertz CT molecular complexity index is 867. The van der Waals surface area contributed by atoms with Gasteiger partial charge < -0.3 is 14.6 Å². The number of hydrogen-bond donors (Lipinski definition) is 2. The van der Waals surface area contributed by atoms with Crippen molar-refractivity contribution < 1.29 is 28.5 Å². The number of halogens is 2. The molecular formula is C15H21Cl2N5O6P+. The number of aliphatic hydroxyl groups excluding tert-OH is 1. The van der Waals surface area contributed by atoms with E-state index in [-0.39, 0.29) is 29.8 Å². The smallest absolute Gasteiger partial charge is 0.462 e. The molecule has 0 aliphatic heterocycles. The van der Waals surface area contributed by atoms with Crippen LogP contribution in [0.25, 0.3) is 11.2 Å². The quantitative estimate of drug-likeness (QED) is 0.166. The minimum atomic E-state index is -2.31. The van der Waals surface area contributed by atoms with Gasteiger partial charge >= 0.3 is 14.1 Å². The molecule has 2 rings (SSSR count). The number of fused-ring (bicyclic) bond motifs is 1. The first-order chi connectivity index (χ1) is 13.7. The molecule has 0 aliphatic rings. The van der Waals surface area contributed by atoms with Crippen molar-refractivity contribution in [1.82, 2.24) is 24.6 Å². The maximum atomic E-state index is 11.9. The molecule has 0 amide bonds. The molecule has 0 radical (unpaired) electrons. The monoisotopic (exact) mass is 468 g/mol. The fourth-order valence-corrected chi connectivity index (χ4v) is 3.33. The fourth-order valence-electron chi connectivity index (χ4n) is 2.18. The van der Waals surface area contributed by atoms with Crippen molar-refractivity contribution >= 4 is 48.5 Å². The third-order valence-electron chi connectivity index (χ3n) is 3.42. The molecule has 0 saturated carbocycles. The average Bonchev–Trinajstić information content (AvgIpc) is 3.05. The molecule has 0 fully saturated rings. The largest absolute Gasteiger partial charge is 0.613 e. The number of imidazole rings is 1. The van der Waals surface area contributed by atoms with Crippen molar-refractivity contribution in [2.24, 2.45) is 0 Å². The Kier molecular flexibility index (Phi) is 9.09. The Morgan fingerprint density at radius 1 is 1.31 bits per heavy atom. The third kappa shape index (κ3) is 6.78. The molecular weight excluding hydrogens is 448 g/mol. The van der Waals surface area contributed by atoms with Gasteiger partial charge in [0.2, 0.25) is 5.28 Å². The summed E-state index contributed by atoms with van der Waals surface area (Å²) in [5.41, 5.74) is 0.601. The normalized spacial score (nSPS) is 14.2. The molecule has 160 valence electrons. The number of nitrogens with zero attached hydrogens (tertiary/aromatic N) is 4. The first-order valence-corrected chi connectivity index (χ1v) is 10.5. The first kappa shape index (κ1) is 23.8. The van der Waals surface area contributed by atoms with Crippen LogP contribution in [-0.4, -0.2) is 62.6 Å². The van der Waals surface area contributed by atoms with Crippen molar-refractivity contribution in [3.63, 3.8) is 0 Å². The van der Waals surface area contributed by atoms with Crippen LogP contribution in [-0.2, 0) is 23.4 Å². The molecule has 2 heterocycles. The highest BCUT2D eigenvalue weighted by Crippen LogP contribution is 2.24. The van der Waals surface area contributed by atoms with Crippen molar-refractivity contribution in [2.45, 2.75) is 39.1 Å². The second kappa shape index (κ2) is 11.1. The molecule has 0 bridgehead atoms. The average molecular weight is 469 g/mol. The van der Waals surface area contributed by atoms with Crippen molar-refractivity contribution in [2.75, 3.05) is 19.8 Å². The van der Waals surface area contributed by atoms with E-state index in [0.717, 1.165) is 0 Å². The summed E-state index contributed by atoms with van der Waals surface area (Å²) >= 11 is 11.8. The summed E-state index contributed by atoms with van der Waals surface area (Å²) < 4.78 is 28.9. The molecule has 3 atom stereocenters. The Morgan fingerprint density at radius 2 is 2.03 bits per heavy atom. The van der Waals surface area contributed by atoms with Gasteiger partial charge in [-0.2, -0.15) is 4.98 Å². The Balaban J connectivity index is 1.85. The Morgan fingerprint density at radius 3 is 2.69 bits per heavy atom. The van der Waals surface area contributed by atoms with E-state index in [2.05, 4.69) is 20.0 Å². The van der Waals surface area contributed by atoms with Gasteiger partial charge in [0.25, 0.3) is 0 Å². The zero-order valence-electron chi connectivity index (χ0n) is 15.9. The number of carbonyl (C=O) groups excluding carboxylic acids is 1. The summed E-state index contributed by atoms with van der Waals surface area (Å²) in [5, 5.41) is 12.1.